The van der Waals surface area contributed by atoms with Crippen molar-refractivity contribution in [3.63, 3.8) is 0 Å². The first-order valence-corrected chi connectivity index (χ1v) is 6.04. The van der Waals surface area contributed by atoms with E-state index in [9.17, 15) is 0 Å². The van der Waals surface area contributed by atoms with Gasteiger partial charge in [-0.05, 0) is 30.2 Å². The molecule has 1 heteroatoms. The second kappa shape index (κ2) is 4.80. The van der Waals surface area contributed by atoms with Crippen LogP contribution < -0.4 is 5.32 Å². The van der Waals surface area contributed by atoms with Crippen molar-refractivity contribution >= 4 is 0 Å². The average molecular weight is 203 g/mol. The summed E-state index contributed by atoms with van der Waals surface area (Å²) >= 11 is 0. The minimum atomic E-state index is 0.713. The first-order chi connectivity index (χ1) is 7.27. The first kappa shape index (κ1) is 10.7. The highest BCUT2D eigenvalue weighted by Crippen LogP contribution is 2.30. The maximum atomic E-state index is 3.70. The van der Waals surface area contributed by atoms with Crippen LogP contribution in [0.4, 0.5) is 0 Å². The van der Waals surface area contributed by atoms with E-state index in [4.69, 9.17) is 0 Å². The Bertz CT molecular complexity index is 283. The number of rotatable bonds is 3. The Hall–Kier alpha value is -0.820. The Kier molecular flexibility index (Phi) is 3.42. The van der Waals surface area contributed by atoms with Gasteiger partial charge in [-0.1, -0.05) is 44.2 Å². The molecule has 1 N–H and O–H groups in total. The van der Waals surface area contributed by atoms with Gasteiger partial charge in [0.2, 0.25) is 0 Å². The molecule has 1 aliphatic rings. The van der Waals surface area contributed by atoms with Gasteiger partial charge in [0.15, 0.2) is 0 Å². The molecule has 1 fully saturated rings. The largest absolute Gasteiger partial charge is 0.309 e. The summed E-state index contributed by atoms with van der Waals surface area (Å²) in [5.74, 6) is 1.67. The number of hydrogen-bond acceptors (Lipinski definition) is 1. The maximum Gasteiger partial charge on any atom is 0.0208 e. The summed E-state index contributed by atoms with van der Waals surface area (Å²) in [7, 11) is 0. The molecule has 0 heterocycles. The molecule has 2 rings (SSSR count). The van der Waals surface area contributed by atoms with E-state index in [1.807, 2.05) is 0 Å². The minimum absolute atomic E-state index is 0.713. The fraction of sp³-hybridized carbons (Fsp3) is 0.571. The van der Waals surface area contributed by atoms with Crippen LogP contribution in [0.15, 0.2) is 30.3 Å². The van der Waals surface area contributed by atoms with Gasteiger partial charge < -0.3 is 5.32 Å². The van der Waals surface area contributed by atoms with E-state index in [-0.39, 0.29) is 0 Å². The van der Waals surface area contributed by atoms with Crippen molar-refractivity contribution in [2.24, 2.45) is 11.8 Å². The van der Waals surface area contributed by atoms with Crippen molar-refractivity contribution < 1.29 is 0 Å². The lowest BCUT2D eigenvalue weighted by atomic mass is 10.0. The second-order valence-electron chi connectivity index (χ2n) is 4.92. The van der Waals surface area contributed by atoms with Crippen LogP contribution in [0.25, 0.3) is 0 Å². The lowest BCUT2D eigenvalue weighted by Crippen LogP contribution is -2.35. The Morgan fingerprint density at radius 3 is 2.27 bits per heavy atom. The van der Waals surface area contributed by atoms with Gasteiger partial charge in [0, 0.05) is 12.6 Å². The summed E-state index contributed by atoms with van der Waals surface area (Å²) in [4.78, 5) is 0. The van der Waals surface area contributed by atoms with Crippen molar-refractivity contribution in [2.75, 3.05) is 0 Å². The van der Waals surface area contributed by atoms with Gasteiger partial charge in [-0.15, -0.1) is 0 Å². The van der Waals surface area contributed by atoms with Crippen LogP contribution in [-0.2, 0) is 6.54 Å². The molecule has 2 atom stereocenters. The predicted octanol–water partition coefficient (Wildman–Crippen LogP) is 3.21. The monoisotopic (exact) mass is 203 g/mol. The van der Waals surface area contributed by atoms with Gasteiger partial charge in [0.1, 0.15) is 0 Å². The zero-order valence-corrected chi connectivity index (χ0v) is 9.74. The molecule has 1 aliphatic carbocycles. The fourth-order valence-corrected chi connectivity index (χ4v) is 2.68. The highest BCUT2D eigenvalue weighted by Gasteiger charge is 2.29. The molecule has 1 aromatic rings. The summed E-state index contributed by atoms with van der Waals surface area (Å²) in [5.41, 5.74) is 1.39. The molecule has 0 aliphatic heterocycles. The highest BCUT2D eigenvalue weighted by molar-refractivity contribution is 5.14. The Balaban J connectivity index is 1.88. The Morgan fingerprint density at radius 2 is 1.67 bits per heavy atom. The molecule has 1 nitrogen and oxygen atoms in total. The summed E-state index contributed by atoms with van der Waals surface area (Å²) in [6, 6.07) is 11.4. The SMILES string of the molecule is CC1CCC(C)C1NCc1ccccc1. The lowest BCUT2D eigenvalue weighted by Gasteiger charge is -2.21. The molecule has 0 amide bonds. The molecule has 2 unspecified atom stereocenters. The van der Waals surface area contributed by atoms with E-state index in [1.165, 1.54) is 18.4 Å². The molecule has 0 saturated heterocycles. The van der Waals surface area contributed by atoms with Crippen LogP contribution in [0.2, 0.25) is 0 Å². The zero-order valence-electron chi connectivity index (χ0n) is 9.74. The van der Waals surface area contributed by atoms with Crippen molar-refractivity contribution in [1.82, 2.24) is 5.32 Å². The molecule has 0 aromatic heterocycles. The first-order valence-electron chi connectivity index (χ1n) is 6.04. The quantitative estimate of drug-likeness (QED) is 0.795. The van der Waals surface area contributed by atoms with Gasteiger partial charge in [-0.2, -0.15) is 0 Å². The summed E-state index contributed by atoms with van der Waals surface area (Å²) < 4.78 is 0. The van der Waals surface area contributed by atoms with Crippen molar-refractivity contribution in [2.45, 2.75) is 39.3 Å². The van der Waals surface area contributed by atoms with Crippen LogP contribution in [-0.4, -0.2) is 6.04 Å². The molecule has 82 valence electrons. The Morgan fingerprint density at radius 1 is 1.07 bits per heavy atom. The molecule has 0 bridgehead atoms. The standard InChI is InChI=1S/C14H21N/c1-11-8-9-12(2)14(11)15-10-13-6-4-3-5-7-13/h3-7,11-12,14-15H,8-10H2,1-2H3. The van der Waals surface area contributed by atoms with Gasteiger partial charge >= 0.3 is 0 Å². The normalized spacial score (nSPS) is 30.7. The predicted molar refractivity (Wildman–Crippen MR) is 64.6 cm³/mol. The molecule has 0 spiro atoms. The minimum Gasteiger partial charge on any atom is -0.309 e. The van der Waals surface area contributed by atoms with E-state index >= 15 is 0 Å². The summed E-state index contributed by atoms with van der Waals surface area (Å²) in [6.45, 7) is 5.75. The Labute approximate surface area is 92.9 Å². The van der Waals surface area contributed by atoms with Crippen molar-refractivity contribution in [3.05, 3.63) is 35.9 Å². The third-order valence-electron chi connectivity index (χ3n) is 3.69. The van der Waals surface area contributed by atoms with Crippen LogP contribution in [0.5, 0.6) is 0 Å². The van der Waals surface area contributed by atoms with Crippen LogP contribution in [0.1, 0.15) is 32.3 Å². The van der Waals surface area contributed by atoms with Gasteiger partial charge in [-0.3, -0.25) is 0 Å². The maximum absolute atomic E-state index is 3.70. The molecule has 0 radical (unpaired) electrons. The van der Waals surface area contributed by atoms with E-state index < -0.39 is 0 Å². The van der Waals surface area contributed by atoms with E-state index in [0.717, 1.165) is 18.4 Å². The third kappa shape index (κ3) is 2.60. The highest BCUT2D eigenvalue weighted by atomic mass is 14.9. The molecule has 15 heavy (non-hydrogen) atoms. The van der Waals surface area contributed by atoms with E-state index in [1.54, 1.807) is 0 Å². The van der Waals surface area contributed by atoms with Crippen LogP contribution in [0.3, 0.4) is 0 Å². The average Bonchev–Trinajstić information content (AvgIpc) is 2.58. The topological polar surface area (TPSA) is 12.0 Å². The third-order valence-corrected chi connectivity index (χ3v) is 3.69. The van der Waals surface area contributed by atoms with Crippen LogP contribution >= 0.6 is 0 Å². The number of nitrogens with one attached hydrogen (secondary N) is 1. The molecule has 1 saturated carbocycles. The van der Waals surface area contributed by atoms with Gasteiger partial charge in [-0.25, -0.2) is 0 Å². The van der Waals surface area contributed by atoms with Crippen molar-refractivity contribution in [3.8, 4) is 0 Å². The van der Waals surface area contributed by atoms with E-state index in [0.29, 0.717) is 6.04 Å². The molecule has 1 aromatic carbocycles. The van der Waals surface area contributed by atoms with E-state index in [2.05, 4.69) is 49.5 Å². The molecular formula is C14H21N. The fourth-order valence-electron chi connectivity index (χ4n) is 2.68. The summed E-state index contributed by atoms with van der Waals surface area (Å²) in [6.07, 6.45) is 2.77. The zero-order chi connectivity index (χ0) is 10.7. The molecular weight excluding hydrogens is 182 g/mol. The summed E-state index contributed by atoms with van der Waals surface area (Å²) in [5, 5.41) is 3.70. The van der Waals surface area contributed by atoms with Gasteiger partial charge in [0.05, 0.1) is 0 Å². The second-order valence-corrected chi connectivity index (χ2v) is 4.92. The lowest BCUT2D eigenvalue weighted by molar-refractivity contribution is 0.365. The van der Waals surface area contributed by atoms with Crippen LogP contribution in [0, 0.1) is 11.8 Å². The number of benzene rings is 1. The van der Waals surface area contributed by atoms with Crippen molar-refractivity contribution in [1.29, 1.82) is 0 Å². The smallest absolute Gasteiger partial charge is 0.0208 e. The van der Waals surface area contributed by atoms with Gasteiger partial charge in [0.25, 0.3) is 0 Å². The number of hydrogen-bond donors (Lipinski definition) is 1.